The molecule has 0 saturated heterocycles. The monoisotopic (exact) mass is 499 g/mol. The third-order valence-corrected chi connectivity index (χ3v) is 6.64. The van der Waals surface area contributed by atoms with Crippen LogP contribution in [0.1, 0.15) is 49.2 Å². The molecule has 0 unspecified atom stereocenters. The van der Waals surface area contributed by atoms with Gasteiger partial charge in [0.05, 0.1) is 22.3 Å². The highest BCUT2D eigenvalue weighted by Gasteiger charge is 2.32. The van der Waals surface area contributed by atoms with Gasteiger partial charge >= 0.3 is 5.97 Å². The quantitative estimate of drug-likeness (QED) is 0.326. The number of hydrogen-bond donors (Lipinski definition) is 1. The standard InChI is InChI=1S/C29H26FN3O4/c1-18-27(32-37-28(18)19-7-3-2-4-8-19)20-11-16-23-24(17-20)31-25(9-5-6-10-26(34)35)33(29(23)36)22-14-12-21(30)13-15-22/h2-4,7-8,11-18,28H,5-6,9-10H2,1H3,(H,34,35)/t18-,28+/m1/s1. The van der Waals surface area contributed by atoms with Gasteiger partial charge in [-0.1, -0.05) is 48.5 Å². The fourth-order valence-electron chi connectivity index (χ4n) is 4.71. The highest BCUT2D eigenvalue weighted by molar-refractivity contribution is 6.05. The van der Waals surface area contributed by atoms with Gasteiger partial charge in [-0.3, -0.25) is 14.2 Å². The molecular weight excluding hydrogens is 473 g/mol. The van der Waals surface area contributed by atoms with E-state index in [4.69, 9.17) is 14.9 Å². The van der Waals surface area contributed by atoms with E-state index in [0.29, 0.717) is 41.7 Å². The van der Waals surface area contributed by atoms with E-state index in [-0.39, 0.29) is 24.0 Å². The molecule has 188 valence electrons. The molecule has 1 aliphatic rings. The van der Waals surface area contributed by atoms with E-state index in [2.05, 4.69) is 12.1 Å². The van der Waals surface area contributed by atoms with Crippen molar-refractivity contribution in [2.45, 2.75) is 38.7 Å². The average molecular weight is 500 g/mol. The number of aromatic nitrogens is 2. The summed E-state index contributed by atoms with van der Waals surface area (Å²) in [6, 6.07) is 21.0. The van der Waals surface area contributed by atoms with Gasteiger partial charge in [-0.15, -0.1) is 0 Å². The number of fused-ring (bicyclic) bond motifs is 1. The van der Waals surface area contributed by atoms with E-state index >= 15 is 0 Å². The largest absolute Gasteiger partial charge is 0.481 e. The van der Waals surface area contributed by atoms with E-state index < -0.39 is 11.8 Å². The molecule has 2 atom stereocenters. The second-order valence-corrected chi connectivity index (χ2v) is 9.18. The summed E-state index contributed by atoms with van der Waals surface area (Å²) in [5, 5.41) is 13.8. The first-order valence-corrected chi connectivity index (χ1v) is 12.2. The number of carboxylic acids is 1. The van der Waals surface area contributed by atoms with Crippen LogP contribution in [0.25, 0.3) is 16.6 Å². The Bertz CT molecular complexity index is 1530. The first-order chi connectivity index (χ1) is 17.9. The van der Waals surface area contributed by atoms with E-state index in [1.807, 2.05) is 42.5 Å². The van der Waals surface area contributed by atoms with Crippen LogP contribution in [0.2, 0.25) is 0 Å². The van der Waals surface area contributed by atoms with Gasteiger partial charge in [0.1, 0.15) is 11.6 Å². The van der Waals surface area contributed by atoms with Crippen LogP contribution in [0, 0.1) is 11.7 Å². The van der Waals surface area contributed by atoms with E-state index in [1.54, 1.807) is 6.07 Å². The van der Waals surface area contributed by atoms with Crippen molar-refractivity contribution in [3.63, 3.8) is 0 Å². The Labute approximate surface area is 212 Å². The number of benzene rings is 3. The number of nitrogens with zero attached hydrogens (tertiary/aromatic N) is 3. The summed E-state index contributed by atoms with van der Waals surface area (Å²) in [5.74, 6) is -0.781. The summed E-state index contributed by atoms with van der Waals surface area (Å²) in [6.07, 6.45) is 1.24. The number of oxime groups is 1. The molecule has 1 aliphatic heterocycles. The van der Waals surface area contributed by atoms with Crippen molar-refractivity contribution >= 4 is 22.6 Å². The van der Waals surface area contributed by atoms with Crippen molar-refractivity contribution in [3.05, 3.63) is 106 Å². The van der Waals surface area contributed by atoms with E-state index in [1.165, 1.54) is 28.8 Å². The third-order valence-electron chi connectivity index (χ3n) is 6.64. The number of carboxylic acid groups (broad SMARTS) is 1. The summed E-state index contributed by atoms with van der Waals surface area (Å²) < 4.78 is 15.0. The maximum Gasteiger partial charge on any atom is 0.303 e. The van der Waals surface area contributed by atoms with Gasteiger partial charge in [0.25, 0.3) is 5.56 Å². The van der Waals surface area contributed by atoms with Crippen molar-refractivity contribution in [1.29, 1.82) is 0 Å². The molecule has 0 amide bonds. The van der Waals surface area contributed by atoms with Crippen LogP contribution in [-0.4, -0.2) is 26.3 Å². The summed E-state index contributed by atoms with van der Waals surface area (Å²) >= 11 is 0. The lowest BCUT2D eigenvalue weighted by atomic mass is 9.90. The Kier molecular flexibility index (Phi) is 6.81. The topological polar surface area (TPSA) is 93.8 Å². The van der Waals surface area contributed by atoms with Crippen molar-refractivity contribution < 1.29 is 19.1 Å². The lowest BCUT2D eigenvalue weighted by molar-refractivity contribution is -0.137. The van der Waals surface area contributed by atoms with Gasteiger partial charge in [0, 0.05) is 24.3 Å². The number of rotatable bonds is 8. The van der Waals surface area contributed by atoms with Crippen LogP contribution in [0.4, 0.5) is 4.39 Å². The van der Waals surface area contributed by atoms with Crippen molar-refractivity contribution in [3.8, 4) is 5.69 Å². The van der Waals surface area contributed by atoms with Crippen molar-refractivity contribution in [2.75, 3.05) is 0 Å². The Hall–Kier alpha value is -4.33. The zero-order valence-corrected chi connectivity index (χ0v) is 20.3. The zero-order valence-electron chi connectivity index (χ0n) is 20.3. The van der Waals surface area contributed by atoms with Gasteiger partial charge in [0.2, 0.25) is 0 Å². The number of carbonyl (C=O) groups is 1. The maximum absolute atomic E-state index is 13.6. The molecule has 1 aromatic heterocycles. The van der Waals surface area contributed by atoms with Crippen molar-refractivity contribution in [2.24, 2.45) is 11.1 Å². The molecule has 7 nitrogen and oxygen atoms in total. The molecule has 4 aromatic rings. The van der Waals surface area contributed by atoms with Gasteiger partial charge < -0.3 is 9.94 Å². The fraction of sp³-hybridized carbons (Fsp3) is 0.241. The number of hydrogen-bond acceptors (Lipinski definition) is 5. The number of halogens is 1. The van der Waals surface area contributed by atoms with Gasteiger partial charge in [-0.25, -0.2) is 9.37 Å². The molecule has 2 heterocycles. The number of unbranched alkanes of at least 4 members (excludes halogenated alkanes) is 1. The molecule has 0 spiro atoms. The first-order valence-electron chi connectivity index (χ1n) is 12.2. The highest BCUT2D eigenvalue weighted by Crippen LogP contribution is 2.35. The molecule has 3 aromatic carbocycles. The molecule has 0 bridgehead atoms. The van der Waals surface area contributed by atoms with Crippen LogP contribution in [0.15, 0.2) is 82.7 Å². The summed E-state index contributed by atoms with van der Waals surface area (Å²) in [7, 11) is 0. The molecule has 8 heteroatoms. The summed E-state index contributed by atoms with van der Waals surface area (Å²) in [5.41, 5.74) is 3.40. The van der Waals surface area contributed by atoms with Crippen LogP contribution in [0.3, 0.4) is 0 Å². The minimum absolute atomic E-state index is 0.00470. The normalized spacial score (nSPS) is 17.0. The van der Waals surface area contributed by atoms with E-state index in [0.717, 1.165) is 16.8 Å². The second kappa shape index (κ2) is 10.3. The number of aliphatic carboxylic acids is 1. The van der Waals surface area contributed by atoms with Gasteiger partial charge in [-0.05, 0) is 54.8 Å². The van der Waals surface area contributed by atoms with Crippen LogP contribution >= 0.6 is 0 Å². The van der Waals surface area contributed by atoms with Crippen LogP contribution in [-0.2, 0) is 16.1 Å². The second-order valence-electron chi connectivity index (χ2n) is 9.18. The Morgan fingerprint density at radius 3 is 2.54 bits per heavy atom. The Balaban J connectivity index is 1.52. The minimum Gasteiger partial charge on any atom is -0.481 e. The average Bonchev–Trinajstić information content (AvgIpc) is 3.29. The SMILES string of the molecule is C[C@@H]1C(c2ccc3c(=O)n(-c4ccc(F)cc4)c(CCCCC(=O)O)nc3c2)=NO[C@@H]1c1ccccc1. The Morgan fingerprint density at radius 2 is 1.81 bits per heavy atom. The molecule has 0 radical (unpaired) electrons. The van der Waals surface area contributed by atoms with Gasteiger partial charge in [-0.2, -0.15) is 0 Å². The summed E-state index contributed by atoms with van der Waals surface area (Å²) in [6.45, 7) is 2.06. The van der Waals surface area contributed by atoms with Crippen molar-refractivity contribution in [1.82, 2.24) is 9.55 Å². The predicted octanol–water partition coefficient (Wildman–Crippen LogP) is 5.43. The molecule has 0 aliphatic carbocycles. The third kappa shape index (κ3) is 5.00. The smallest absolute Gasteiger partial charge is 0.303 e. The predicted molar refractivity (Wildman–Crippen MR) is 138 cm³/mol. The van der Waals surface area contributed by atoms with Crippen LogP contribution < -0.4 is 5.56 Å². The molecule has 37 heavy (non-hydrogen) atoms. The lowest BCUT2D eigenvalue weighted by Crippen LogP contribution is -2.24. The fourth-order valence-corrected chi connectivity index (χ4v) is 4.71. The molecule has 0 fully saturated rings. The highest BCUT2D eigenvalue weighted by atomic mass is 19.1. The zero-order chi connectivity index (χ0) is 25.9. The number of aryl methyl sites for hydroxylation is 1. The summed E-state index contributed by atoms with van der Waals surface area (Å²) in [4.78, 5) is 35.1. The molecule has 5 rings (SSSR count). The maximum atomic E-state index is 13.6. The first kappa shape index (κ1) is 24.4. The minimum atomic E-state index is -0.866. The molecule has 0 saturated carbocycles. The molecule has 1 N–H and O–H groups in total. The molecular formula is C29H26FN3O4. The van der Waals surface area contributed by atoms with Gasteiger partial charge in [0.15, 0.2) is 6.10 Å². The lowest BCUT2D eigenvalue weighted by Gasteiger charge is -2.16. The Morgan fingerprint density at radius 1 is 1.05 bits per heavy atom. The van der Waals surface area contributed by atoms with Crippen LogP contribution in [0.5, 0.6) is 0 Å². The van der Waals surface area contributed by atoms with E-state index in [9.17, 15) is 14.0 Å².